The van der Waals surface area contributed by atoms with E-state index in [0.29, 0.717) is 12.2 Å². The van der Waals surface area contributed by atoms with Crippen molar-refractivity contribution >= 4 is 0 Å². The summed E-state index contributed by atoms with van der Waals surface area (Å²) in [5.74, 6) is 1.96. The van der Waals surface area contributed by atoms with Gasteiger partial charge in [-0.15, -0.1) is 0 Å². The standard InChI is InChI=1S/C19H25N5O/c1-22-9-7-21-19(22)16-24-12-10-23(11-13-24)8-2-14-25-18-5-3-17(15-20)4-6-18/h3-7,9H,2,8,10-14,16H2,1H3. The predicted molar refractivity (Wildman–Crippen MR) is 96.2 cm³/mol. The van der Waals surface area contributed by atoms with E-state index in [1.807, 2.05) is 31.6 Å². The number of hydrogen-bond acceptors (Lipinski definition) is 5. The third-order valence-corrected chi connectivity index (χ3v) is 4.62. The molecule has 0 atom stereocenters. The first-order chi connectivity index (χ1) is 12.2. The molecule has 132 valence electrons. The fourth-order valence-corrected chi connectivity index (χ4v) is 3.02. The van der Waals surface area contributed by atoms with Crippen LogP contribution in [0.3, 0.4) is 0 Å². The minimum absolute atomic E-state index is 0.663. The maximum absolute atomic E-state index is 8.79. The maximum Gasteiger partial charge on any atom is 0.122 e. The van der Waals surface area contributed by atoms with Gasteiger partial charge in [-0.3, -0.25) is 4.90 Å². The molecule has 2 heterocycles. The summed E-state index contributed by atoms with van der Waals surface area (Å²) in [4.78, 5) is 9.36. The Morgan fingerprint density at radius 3 is 2.48 bits per heavy atom. The molecule has 1 aromatic carbocycles. The van der Waals surface area contributed by atoms with Gasteiger partial charge in [0, 0.05) is 52.2 Å². The zero-order valence-electron chi connectivity index (χ0n) is 14.8. The van der Waals surface area contributed by atoms with Crippen molar-refractivity contribution in [2.24, 2.45) is 7.05 Å². The van der Waals surface area contributed by atoms with E-state index in [1.165, 1.54) is 0 Å². The number of benzene rings is 1. The number of nitriles is 1. The lowest BCUT2D eigenvalue weighted by Crippen LogP contribution is -2.46. The molecule has 0 saturated carbocycles. The largest absolute Gasteiger partial charge is 0.494 e. The third-order valence-electron chi connectivity index (χ3n) is 4.62. The van der Waals surface area contributed by atoms with Crippen LogP contribution in [0.5, 0.6) is 5.75 Å². The second kappa shape index (κ2) is 8.65. The summed E-state index contributed by atoms with van der Waals surface area (Å²) in [5.41, 5.74) is 0.663. The van der Waals surface area contributed by atoms with Crippen LogP contribution in [0.25, 0.3) is 0 Å². The van der Waals surface area contributed by atoms with Crippen LogP contribution in [0.15, 0.2) is 36.7 Å². The Bertz CT molecular complexity index is 695. The van der Waals surface area contributed by atoms with Gasteiger partial charge < -0.3 is 14.2 Å². The summed E-state index contributed by atoms with van der Waals surface area (Å²) in [6, 6.07) is 9.40. The quantitative estimate of drug-likeness (QED) is 0.721. The lowest BCUT2D eigenvalue weighted by Gasteiger charge is -2.34. The topological polar surface area (TPSA) is 57.3 Å². The van der Waals surface area contributed by atoms with Crippen molar-refractivity contribution in [3.8, 4) is 11.8 Å². The second-order valence-electron chi connectivity index (χ2n) is 6.41. The van der Waals surface area contributed by atoms with Crippen LogP contribution < -0.4 is 4.74 Å². The molecule has 0 spiro atoms. The molecule has 6 nitrogen and oxygen atoms in total. The minimum Gasteiger partial charge on any atom is -0.494 e. The molecular weight excluding hydrogens is 314 g/mol. The van der Waals surface area contributed by atoms with Gasteiger partial charge in [-0.2, -0.15) is 5.26 Å². The van der Waals surface area contributed by atoms with Gasteiger partial charge in [0.1, 0.15) is 11.6 Å². The molecule has 0 N–H and O–H groups in total. The molecule has 1 aliphatic heterocycles. The highest BCUT2D eigenvalue weighted by Crippen LogP contribution is 2.12. The van der Waals surface area contributed by atoms with E-state index in [4.69, 9.17) is 10.00 Å². The van der Waals surface area contributed by atoms with Gasteiger partial charge in [-0.05, 0) is 30.7 Å². The number of aryl methyl sites for hydroxylation is 1. The number of hydrogen-bond donors (Lipinski definition) is 0. The van der Waals surface area contributed by atoms with Crippen LogP contribution >= 0.6 is 0 Å². The Morgan fingerprint density at radius 2 is 1.84 bits per heavy atom. The number of imidazole rings is 1. The van der Waals surface area contributed by atoms with Crippen LogP contribution in [0.1, 0.15) is 17.8 Å². The van der Waals surface area contributed by atoms with Crippen LogP contribution in [-0.2, 0) is 13.6 Å². The highest BCUT2D eigenvalue weighted by Gasteiger charge is 2.17. The highest BCUT2D eigenvalue weighted by molar-refractivity contribution is 5.34. The summed E-state index contributed by atoms with van der Waals surface area (Å²) in [6.45, 7) is 7.07. The minimum atomic E-state index is 0.663. The number of ether oxygens (including phenoxy) is 1. The molecule has 0 bridgehead atoms. The summed E-state index contributed by atoms with van der Waals surface area (Å²) in [5, 5.41) is 8.79. The molecule has 3 rings (SSSR count). The van der Waals surface area contributed by atoms with Crippen LogP contribution in [0.2, 0.25) is 0 Å². The van der Waals surface area contributed by atoms with Gasteiger partial charge in [0.05, 0.1) is 24.8 Å². The van der Waals surface area contributed by atoms with Gasteiger partial charge >= 0.3 is 0 Å². The third kappa shape index (κ3) is 5.05. The summed E-state index contributed by atoms with van der Waals surface area (Å²) in [7, 11) is 2.05. The molecule has 1 fully saturated rings. The van der Waals surface area contributed by atoms with Gasteiger partial charge in [0.25, 0.3) is 0 Å². The Morgan fingerprint density at radius 1 is 1.12 bits per heavy atom. The number of aromatic nitrogens is 2. The fraction of sp³-hybridized carbons (Fsp3) is 0.474. The molecular formula is C19H25N5O. The van der Waals surface area contributed by atoms with Crippen molar-refractivity contribution in [1.29, 1.82) is 5.26 Å². The average molecular weight is 339 g/mol. The Balaban J connectivity index is 1.31. The molecule has 1 saturated heterocycles. The first kappa shape index (κ1) is 17.5. The smallest absolute Gasteiger partial charge is 0.122 e. The van der Waals surface area contributed by atoms with Crippen LogP contribution in [0, 0.1) is 11.3 Å². The van der Waals surface area contributed by atoms with Crippen LogP contribution in [-0.4, -0.2) is 58.7 Å². The zero-order chi connectivity index (χ0) is 17.5. The fourth-order valence-electron chi connectivity index (χ4n) is 3.02. The lowest BCUT2D eigenvalue weighted by atomic mass is 10.2. The van der Waals surface area contributed by atoms with Gasteiger partial charge in [0.15, 0.2) is 0 Å². The first-order valence-electron chi connectivity index (χ1n) is 8.78. The second-order valence-corrected chi connectivity index (χ2v) is 6.41. The van der Waals surface area contributed by atoms with E-state index in [0.717, 1.165) is 57.3 Å². The van der Waals surface area contributed by atoms with E-state index in [9.17, 15) is 0 Å². The van der Waals surface area contributed by atoms with E-state index >= 15 is 0 Å². The molecule has 0 aliphatic carbocycles. The lowest BCUT2D eigenvalue weighted by molar-refractivity contribution is 0.118. The predicted octanol–water partition coefficient (Wildman–Crippen LogP) is 1.88. The van der Waals surface area contributed by atoms with Crippen molar-refractivity contribution in [1.82, 2.24) is 19.4 Å². The molecule has 6 heteroatoms. The average Bonchev–Trinajstić information content (AvgIpc) is 3.05. The molecule has 0 unspecified atom stereocenters. The molecule has 1 aromatic heterocycles. The molecule has 2 aromatic rings. The maximum atomic E-state index is 8.79. The molecule has 25 heavy (non-hydrogen) atoms. The van der Waals surface area contributed by atoms with Gasteiger partial charge in [-0.25, -0.2) is 4.98 Å². The number of nitrogens with zero attached hydrogens (tertiary/aromatic N) is 5. The van der Waals surface area contributed by atoms with Gasteiger partial charge in [-0.1, -0.05) is 0 Å². The van der Waals surface area contributed by atoms with Crippen molar-refractivity contribution < 1.29 is 4.74 Å². The normalized spacial score (nSPS) is 15.8. The Kier molecular flexibility index (Phi) is 6.04. The van der Waals surface area contributed by atoms with E-state index in [-0.39, 0.29) is 0 Å². The van der Waals surface area contributed by atoms with E-state index < -0.39 is 0 Å². The molecule has 0 amide bonds. The van der Waals surface area contributed by atoms with Crippen molar-refractivity contribution in [2.45, 2.75) is 13.0 Å². The molecule has 0 radical (unpaired) electrons. The van der Waals surface area contributed by atoms with E-state index in [2.05, 4.69) is 25.4 Å². The SMILES string of the molecule is Cn1ccnc1CN1CCN(CCCOc2ccc(C#N)cc2)CC1. The van der Waals surface area contributed by atoms with E-state index in [1.54, 1.807) is 12.1 Å². The van der Waals surface area contributed by atoms with Crippen molar-refractivity contribution in [3.05, 3.63) is 48.0 Å². The summed E-state index contributed by atoms with van der Waals surface area (Å²) >= 11 is 0. The zero-order valence-corrected chi connectivity index (χ0v) is 14.8. The summed E-state index contributed by atoms with van der Waals surface area (Å²) < 4.78 is 7.83. The van der Waals surface area contributed by atoms with Crippen molar-refractivity contribution in [2.75, 3.05) is 39.3 Å². The summed E-state index contributed by atoms with van der Waals surface area (Å²) in [6.07, 6.45) is 4.87. The van der Waals surface area contributed by atoms with Crippen LogP contribution in [0.4, 0.5) is 0 Å². The monoisotopic (exact) mass is 339 g/mol. The number of rotatable bonds is 7. The highest BCUT2D eigenvalue weighted by atomic mass is 16.5. The van der Waals surface area contributed by atoms with Crippen molar-refractivity contribution in [3.63, 3.8) is 0 Å². The number of piperazine rings is 1. The molecule has 1 aliphatic rings. The first-order valence-corrected chi connectivity index (χ1v) is 8.78. The Hall–Kier alpha value is -2.36. The Labute approximate surface area is 149 Å². The van der Waals surface area contributed by atoms with Gasteiger partial charge in [0.2, 0.25) is 0 Å².